The summed E-state index contributed by atoms with van der Waals surface area (Å²) in [6.45, 7) is 5.13. The van der Waals surface area contributed by atoms with Crippen molar-refractivity contribution in [3.05, 3.63) is 59.7 Å². The van der Waals surface area contributed by atoms with Crippen molar-refractivity contribution < 1.29 is 9.90 Å². The first kappa shape index (κ1) is 21.4. The second-order valence-corrected chi connectivity index (χ2v) is 8.23. The number of nitrogen functional groups attached to an aromatic ring is 1. The number of phenolic OH excluding ortho intramolecular Hbond substituents is 1. The Morgan fingerprint density at radius 1 is 1.18 bits per heavy atom. The van der Waals surface area contributed by atoms with Crippen molar-refractivity contribution in [3.8, 4) is 17.1 Å². The number of H-pyrrole nitrogens is 1. The van der Waals surface area contributed by atoms with Crippen LogP contribution >= 0.6 is 0 Å². The van der Waals surface area contributed by atoms with Gasteiger partial charge in [0.25, 0.3) is 5.91 Å². The number of aromatic amines is 1. The van der Waals surface area contributed by atoms with Crippen LogP contribution in [0.5, 0.6) is 5.75 Å². The Morgan fingerprint density at radius 2 is 2.00 bits per heavy atom. The van der Waals surface area contributed by atoms with E-state index in [0.717, 1.165) is 28.7 Å². The van der Waals surface area contributed by atoms with Crippen LogP contribution in [-0.4, -0.2) is 52.9 Å². The Balaban J connectivity index is 1.60. The average molecular weight is 457 g/mol. The van der Waals surface area contributed by atoms with Gasteiger partial charge >= 0.3 is 0 Å². The minimum atomic E-state index is -0.293. The SMILES string of the molecule is CCn1ncc(CN(C)C(=O)c2nc(-c3cc(N)c4cn[nH]c4c3)nc3ccc(O)cc23)c1C. The fraction of sp³-hybridized carbons (Fsp3) is 0.208. The molecule has 10 heteroatoms. The van der Waals surface area contributed by atoms with E-state index in [4.69, 9.17) is 5.73 Å². The minimum absolute atomic E-state index is 0.0312. The summed E-state index contributed by atoms with van der Waals surface area (Å²) in [4.78, 5) is 24.4. The molecule has 5 rings (SSSR count). The van der Waals surface area contributed by atoms with E-state index < -0.39 is 0 Å². The summed E-state index contributed by atoms with van der Waals surface area (Å²) in [5.41, 5.74) is 10.8. The Kier molecular flexibility index (Phi) is 5.12. The lowest BCUT2D eigenvalue weighted by atomic mass is 10.1. The number of nitrogens with one attached hydrogen (secondary N) is 1. The molecular formula is C24H24N8O2. The molecule has 3 heterocycles. The third kappa shape index (κ3) is 3.58. The lowest BCUT2D eigenvalue weighted by Crippen LogP contribution is -2.27. The topological polar surface area (TPSA) is 139 Å². The molecule has 5 aromatic rings. The molecule has 0 spiro atoms. The van der Waals surface area contributed by atoms with Crippen LogP contribution in [0.15, 0.2) is 42.7 Å². The molecule has 0 unspecified atom stereocenters. The molecule has 0 fully saturated rings. The highest BCUT2D eigenvalue weighted by atomic mass is 16.3. The number of benzene rings is 2. The van der Waals surface area contributed by atoms with Gasteiger partial charge in [-0.3, -0.25) is 14.6 Å². The summed E-state index contributed by atoms with van der Waals surface area (Å²) in [6, 6.07) is 8.32. The smallest absolute Gasteiger partial charge is 0.273 e. The Bertz CT molecular complexity index is 1550. The Labute approximate surface area is 195 Å². The number of phenols is 1. The second kappa shape index (κ2) is 8.14. The van der Waals surface area contributed by atoms with Gasteiger partial charge in [0, 0.05) is 53.4 Å². The first-order valence-electron chi connectivity index (χ1n) is 10.9. The van der Waals surface area contributed by atoms with Crippen LogP contribution in [0.3, 0.4) is 0 Å². The van der Waals surface area contributed by atoms with Gasteiger partial charge in [-0.25, -0.2) is 9.97 Å². The van der Waals surface area contributed by atoms with Crippen molar-refractivity contribution in [1.82, 2.24) is 34.8 Å². The third-order valence-corrected chi connectivity index (χ3v) is 5.99. The normalized spacial score (nSPS) is 11.4. The van der Waals surface area contributed by atoms with Gasteiger partial charge in [0.1, 0.15) is 11.4 Å². The molecule has 0 aliphatic carbocycles. The maximum absolute atomic E-state index is 13.6. The van der Waals surface area contributed by atoms with Crippen LogP contribution in [0, 0.1) is 6.92 Å². The third-order valence-electron chi connectivity index (χ3n) is 5.99. The standard InChI is InChI=1S/C24H24N8O2/c1-4-32-13(2)15(10-27-32)12-31(3)24(34)22-17-9-16(33)5-6-20(17)28-23(29-22)14-7-19(25)18-11-26-30-21(18)8-14/h5-11,33H,4,12,25H2,1-3H3,(H,26,30). The number of hydrogen-bond acceptors (Lipinski definition) is 7. The molecule has 10 nitrogen and oxygen atoms in total. The molecular weight excluding hydrogens is 432 g/mol. The van der Waals surface area contributed by atoms with Crippen LogP contribution in [0.25, 0.3) is 33.2 Å². The van der Waals surface area contributed by atoms with Crippen LogP contribution in [0.1, 0.15) is 28.7 Å². The zero-order chi connectivity index (χ0) is 24.0. The molecule has 3 aromatic heterocycles. The van der Waals surface area contributed by atoms with E-state index in [1.54, 1.807) is 36.5 Å². The average Bonchev–Trinajstić information content (AvgIpc) is 3.44. The Hall–Kier alpha value is -4.47. The number of carbonyl (C=O) groups excluding carboxylic acids is 1. The molecule has 0 atom stereocenters. The van der Waals surface area contributed by atoms with Crippen molar-refractivity contribution in [2.24, 2.45) is 0 Å². The molecule has 4 N–H and O–H groups in total. The number of nitrogens with zero attached hydrogens (tertiary/aromatic N) is 6. The molecule has 0 aliphatic rings. The summed E-state index contributed by atoms with van der Waals surface area (Å²) in [5, 5.41) is 22.7. The molecule has 1 amide bonds. The number of carbonyl (C=O) groups is 1. The van der Waals surface area contributed by atoms with Gasteiger partial charge < -0.3 is 15.7 Å². The van der Waals surface area contributed by atoms with Crippen molar-refractivity contribution in [2.45, 2.75) is 26.9 Å². The summed E-state index contributed by atoms with van der Waals surface area (Å²) in [6.07, 6.45) is 3.44. The van der Waals surface area contributed by atoms with Crippen molar-refractivity contribution in [2.75, 3.05) is 12.8 Å². The predicted molar refractivity (Wildman–Crippen MR) is 129 cm³/mol. The van der Waals surface area contributed by atoms with E-state index in [1.165, 1.54) is 12.1 Å². The van der Waals surface area contributed by atoms with Crippen LogP contribution in [-0.2, 0) is 13.1 Å². The van der Waals surface area contributed by atoms with E-state index in [0.29, 0.717) is 34.5 Å². The van der Waals surface area contributed by atoms with E-state index in [-0.39, 0.29) is 17.4 Å². The molecule has 0 bridgehead atoms. The van der Waals surface area contributed by atoms with Crippen LogP contribution in [0.4, 0.5) is 5.69 Å². The highest BCUT2D eigenvalue weighted by Gasteiger charge is 2.21. The van der Waals surface area contributed by atoms with Crippen molar-refractivity contribution in [3.63, 3.8) is 0 Å². The number of amides is 1. The quantitative estimate of drug-likeness (QED) is 0.345. The molecule has 34 heavy (non-hydrogen) atoms. The lowest BCUT2D eigenvalue weighted by Gasteiger charge is -2.18. The zero-order valence-electron chi connectivity index (χ0n) is 19.1. The van der Waals surface area contributed by atoms with E-state index in [1.807, 2.05) is 24.6 Å². The highest BCUT2D eigenvalue weighted by molar-refractivity contribution is 6.05. The van der Waals surface area contributed by atoms with Crippen LogP contribution in [0.2, 0.25) is 0 Å². The number of aromatic nitrogens is 6. The van der Waals surface area contributed by atoms with Crippen molar-refractivity contribution >= 4 is 33.4 Å². The summed E-state index contributed by atoms with van der Waals surface area (Å²) in [5.74, 6) is 0.0929. The summed E-state index contributed by atoms with van der Waals surface area (Å²) >= 11 is 0. The fourth-order valence-corrected chi connectivity index (χ4v) is 4.08. The van der Waals surface area contributed by atoms with Crippen molar-refractivity contribution in [1.29, 1.82) is 0 Å². The maximum Gasteiger partial charge on any atom is 0.273 e. The summed E-state index contributed by atoms with van der Waals surface area (Å²) in [7, 11) is 1.72. The molecule has 172 valence electrons. The molecule has 0 saturated heterocycles. The molecule has 0 aliphatic heterocycles. The molecule has 0 radical (unpaired) electrons. The largest absolute Gasteiger partial charge is 0.508 e. The first-order chi connectivity index (χ1) is 16.4. The van der Waals surface area contributed by atoms with Gasteiger partial charge in [0.15, 0.2) is 5.82 Å². The molecule has 2 aromatic carbocycles. The zero-order valence-corrected chi connectivity index (χ0v) is 19.1. The lowest BCUT2D eigenvalue weighted by molar-refractivity contribution is 0.0781. The first-order valence-corrected chi connectivity index (χ1v) is 10.9. The number of rotatable bonds is 5. The second-order valence-electron chi connectivity index (χ2n) is 8.23. The number of hydrogen-bond donors (Lipinski definition) is 3. The predicted octanol–water partition coefficient (Wildman–Crippen LogP) is 3.26. The van der Waals surface area contributed by atoms with Gasteiger partial charge in [0.2, 0.25) is 0 Å². The van der Waals surface area contributed by atoms with Gasteiger partial charge in [-0.1, -0.05) is 0 Å². The number of aryl methyl sites for hydroxylation is 1. The minimum Gasteiger partial charge on any atom is -0.508 e. The van der Waals surface area contributed by atoms with Gasteiger partial charge in [0.05, 0.1) is 23.4 Å². The van der Waals surface area contributed by atoms with Gasteiger partial charge in [-0.05, 0) is 44.2 Å². The Morgan fingerprint density at radius 3 is 2.76 bits per heavy atom. The number of aromatic hydroxyl groups is 1. The van der Waals surface area contributed by atoms with E-state index in [9.17, 15) is 9.90 Å². The fourth-order valence-electron chi connectivity index (χ4n) is 4.08. The van der Waals surface area contributed by atoms with Crippen LogP contribution < -0.4 is 5.73 Å². The number of fused-ring (bicyclic) bond motifs is 2. The van der Waals surface area contributed by atoms with E-state index in [2.05, 4.69) is 25.3 Å². The van der Waals surface area contributed by atoms with Gasteiger partial charge in [-0.2, -0.15) is 10.2 Å². The summed E-state index contributed by atoms with van der Waals surface area (Å²) < 4.78 is 1.89. The van der Waals surface area contributed by atoms with E-state index >= 15 is 0 Å². The highest BCUT2D eigenvalue weighted by Crippen LogP contribution is 2.30. The molecule has 0 saturated carbocycles. The number of anilines is 1. The maximum atomic E-state index is 13.6. The monoisotopic (exact) mass is 456 g/mol. The van der Waals surface area contributed by atoms with Gasteiger partial charge in [-0.15, -0.1) is 0 Å². The number of nitrogens with two attached hydrogens (primary N) is 1.